The van der Waals surface area contributed by atoms with E-state index in [9.17, 15) is 0 Å². The Morgan fingerprint density at radius 2 is 2.50 bits per heavy atom. The van der Waals surface area contributed by atoms with Crippen LogP contribution < -0.4 is 0 Å². The second kappa shape index (κ2) is 3.28. The third kappa shape index (κ3) is 1.30. The SMILES string of the molecule is c1cc2nc(C3CCSC3)[nH]c2cn1. The van der Waals surface area contributed by atoms with Gasteiger partial charge in [-0.05, 0) is 18.2 Å². The minimum Gasteiger partial charge on any atom is -0.340 e. The third-order valence-electron chi connectivity index (χ3n) is 2.62. The Morgan fingerprint density at radius 3 is 3.29 bits per heavy atom. The maximum absolute atomic E-state index is 4.59. The molecule has 1 saturated heterocycles. The Morgan fingerprint density at radius 1 is 1.50 bits per heavy atom. The van der Waals surface area contributed by atoms with Crippen LogP contribution in [0.2, 0.25) is 0 Å². The third-order valence-corrected chi connectivity index (χ3v) is 3.78. The second-order valence-corrected chi connectivity index (χ2v) is 4.73. The molecule has 3 rings (SSSR count). The number of fused-ring (bicyclic) bond motifs is 1. The number of thioether (sulfide) groups is 1. The van der Waals surface area contributed by atoms with Crippen LogP contribution in [0.4, 0.5) is 0 Å². The number of hydrogen-bond donors (Lipinski definition) is 1. The van der Waals surface area contributed by atoms with E-state index in [0.29, 0.717) is 5.92 Å². The Balaban J connectivity index is 2.05. The monoisotopic (exact) mass is 205 g/mol. The van der Waals surface area contributed by atoms with Crippen LogP contribution >= 0.6 is 11.8 Å². The zero-order chi connectivity index (χ0) is 9.38. The molecule has 0 amide bonds. The first-order chi connectivity index (χ1) is 6.93. The molecule has 0 aromatic carbocycles. The maximum atomic E-state index is 4.59. The Hall–Kier alpha value is -1.03. The van der Waals surface area contributed by atoms with Crippen LogP contribution in [0, 0.1) is 0 Å². The number of imidazole rings is 1. The van der Waals surface area contributed by atoms with Gasteiger partial charge in [-0.25, -0.2) is 4.98 Å². The highest BCUT2D eigenvalue weighted by atomic mass is 32.2. The number of H-pyrrole nitrogens is 1. The van der Waals surface area contributed by atoms with Gasteiger partial charge in [-0.2, -0.15) is 11.8 Å². The minimum atomic E-state index is 0.618. The molecule has 3 nitrogen and oxygen atoms in total. The van der Waals surface area contributed by atoms with Gasteiger partial charge in [-0.15, -0.1) is 0 Å². The molecule has 2 aromatic rings. The van der Waals surface area contributed by atoms with Gasteiger partial charge in [-0.1, -0.05) is 0 Å². The summed E-state index contributed by atoms with van der Waals surface area (Å²) in [7, 11) is 0. The van der Waals surface area contributed by atoms with E-state index < -0.39 is 0 Å². The fraction of sp³-hybridized carbons (Fsp3) is 0.400. The predicted octanol–water partition coefficient (Wildman–Crippen LogP) is 2.18. The number of hydrogen-bond acceptors (Lipinski definition) is 3. The van der Waals surface area contributed by atoms with Crippen LogP contribution in [-0.2, 0) is 0 Å². The van der Waals surface area contributed by atoms with Crippen molar-refractivity contribution in [1.82, 2.24) is 15.0 Å². The first kappa shape index (κ1) is 8.29. The molecule has 1 atom stereocenters. The highest BCUT2D eigenvalue weighted by Gasteiger charge is 2.20. The Bertz CT molecular complexity index is 412. The first-order valence-electron chi connectivity index (χ1n) is 4.81. The lowest BCUT2D eigenvalue weighted by Gasteiger charge is -2.01. The molecular formula is C10H11N3S. The van der Waals surface area contributed by atoms with Crippen LogP contribution in [0.3, 0.4) is 0 Å². The van der Waals surface area contributed by atoms with Crippen molar-refractivity contribution in [3.63, 3.8) is 0 Å². The summed E-state index contributed by atoms with van der Waals surface area (Å²) in [5, 5.41) is 0. The largest absolute Gasteiger partial charge is 0.340 e. The Labute approximate surface area is 86.3 Å². The zero-order valence-corrected chi connectivity index (χ0v) is 8.55. The molecule has 1 aliphatic heterocycles. The Kier molecular flexibility index (Phi) is 1.94. The second-order valence-electron chi connectivity index (χ2n) is 3.58. The van der Waals surface area contributed by atoms with Crippen molar-refractivity contribution in [3.05, 3.63) is 24.3 Å². The maximum Gasteiger partial charge on any atom is 0.111 e. The van der Waals surface area contributed by atoms with Crippen molar-refractivity contribution in [2.24, 2.45) is 0 Å². The average Bonchev–Trinajstić information content (AvgIpc) is 2.86. The lowest BCUT2D eigenvalue weighted by Crippen LogP contribution is -1.98. The van der Waals surface area contributed by atoms with E-state index in [2.05, 4.69) is 15.0 Å². The van der Waals surface area contributed by atoms with Crippen molar-refractivity contribution in [2.45, 2.75) is 12.3 Å². The van der Waals surface area contributed by atoms with E-state index in [1.165, 1.54) is 17.9 Å². The summed E-state index contributed by atoms with van der Waals surface area (Å²) < 4.78 is 0. The van der Waals surface area contributed by atoms with E-state index in [4.69, 9.17) is 0 Å². The summed E-state index contributed by atoms with van der Waals surface area (Å²) >= 11 is 2.01. The van der Waals surface area contributed by atoms with Crippen molar-refractivity contribution in [2.75, 3.05) is 11.5 Å². The van der Waals surface area contributed by atoms with Gasteiger partial charge >= 0.3 is 0 Å². The van der Waals surface area contributed by atoms with Gasteiger partial charge in [0.1, 0.15) is 5.82 Å². The molecule has 0 radical (unpaired) electrons. The van der Waals surface area contributed by atoms with Crippen molar-refractivity contribution < 1.29 is 0 Å². The van der Waals surface area contributed by atoms with Gasteiger partial charge in [-0.3, -0.25) is 4.98 Å². The molecule has 0 bridgehead atoms. The van der Waals surface area contributed by atoms with Gasteiger partial charge in [0.25, 0.3) is 0 Å². The molecular weight excluding hydrogens is 194 g/mol. The lowest BCUT2D eigenvalue weighted by atomic mass is 10.1. The van der Waals surface area contributed by atoms with Gasteiger partial charge in [0.15, 0.2) is 0 Å². The van der Waals surface area contributed by atoms with Crippen molar-refractivity contribution in [3.8, 4) is 0 Å². The standard InChI is InChI=1S/C10H11N3S/c1-3-11-5-9-8(1)12-10(13-9)7-2-4-14-6-7/h1,3,5,7H,2,4,6H2,(H,12,13). The van der Waals surface area contributed by atoms with Crippen LogP contribution in [0.15, 0.2) is 18.5 Å². The molecule has 3 heterocycles. The average molecular weight is 205 g/mol. The molecule has 0 aliphatic carbocycles. The number of pyridine rings is 1. The normalized spacial score (nSPS) is 21.9. The summed E-state index contributed by atoms with van der Waals surface area (Å²) in [5.41, 5.74) is 2.09. The number of aromatic nitrogens is 3. The fourth-order valence-corrected chi connectivity index (χ4v) is 3.05. The topological polar surface area (TPSA) is 41.6 Å². The van der Waals surface area contributed by atoms with Crippen LogP contribution in [0.25, 0.3) is 11.0 Å². The summed E-state index contributed by atoms with van der Waals surface area (Å²) in [5.74, 6) is 4.22. The number of nitrogens with zero attached hydrogens (tertiary/aromatic N) is 2. The van der Waals surface area contributed by atoms with E-state index in [-0.39, 0.29) is 0 Å². The molecule has 72 valence electrons. The van der Waals surface area contributed by atoms with E-state index >= 15 is 0 Å². The van der Waals surface area contributed by atoms with E-state index in [1.54, 1.807) is 6.20 Å². The molecule has 14 heavy (non-hydrogen) atoms. The molecule has 2 aromatic heterocycles. The molecule has 0 saturated carbocycles. The minimum absolute atomic E-state index is 0.618. The first-order valence-corrected chi connectivity index (χ1v) is 5.96. The summed E-state index contributed by atoms with van der Waals surface area (Å²) in [6, 6.07) is 1.96. The quantitative estimate of drug-likeness (QED) is 0.775. The number of rotatable bonds is 1. The number of nitrogens with one attached hydrogen (secondary N) is 1. The summed E-state index contributed by atoms with van der Waals surface area (Å²) in [6.45, 7) is 0. The van der Waals surface area contributed by atoms with E-state index in [1.807, 2.05) is 24.0 Å². The summed E-state index contributed by atoms with van der Waals surface area (Å²) in [6.07, 6.45) is 4.88. The van der Waals surface area contributed by atoms with Crippen LogP contribution in [0.5, 0.6) is 0 Å². The highest BCUT2D eigenvalue weighted by molar-refractivity contribution is 7.99. The van der Waals surface area contributed by atoms with E-state index in [0.717, 1.165) is 16.9 Å². The molecule has 4 heteroatoms. The van der Waals surface area contributed by atoms with Crippen molar-refractivity contribution in [1.29, 1.82) is 0 Å². The van der Waals surface area contributed by atoms with Gasteiger partial charge < -0.3 is 4.98 Å². The highest BCUT2D eigenvalue weighted by Crippen LogP contribution is 2.31. The van der Waals surface area contributed by atoms with Gasteiger partial charge in [0.2, 0.25) is 0 Å². The molecule has 0 spiro atoms. The van der Waals surface area contributed by atoms with Crippen molar-refractivity contribution >= 4 is 22.8 Å². The molecule has 1 fully saturated rings. The zero-order valence-electron chi connectivity index (χ0n) is 7.73. The van der Waals surface area contributed by atoms with Gasteiger partial charge in [0.05, 0.1) is 17.2 Å². The molecule has 1 N–H and O–H groups in total. The summed E-state index contributed by atoms with van der Waals surface area (Å²) in [4.78, 5) is 12.0. The van der Waals surface area contributed by atoms with Crippen LogP contribution in [0.1, 0.15) is 18.2 Å². The lowest BCUT2D eigenvalue weighted by molar-refractivity contribution is 0.733. The molecule has 1 aliphatic rings. The number of aromatic amines is 1. The van der Waals surface area contributed by atoms with Gasteiger partial charge in [0, 0.05) is 17.9 Å². The van der Waals surface area contributed by atoms with Crippen LogP contribution in [-0.4, -0.2) is 26.5 Å². The fourth-order valence-electron chi connectivity index (χ4n) is 1.82. The predicted molar refractivity (Wildman–Crippen MR) is 58.6 cm³/mol. The smallest absolute Gasteiger partial charge is 0.111 e. The molecule has 1 unspecified atom stereocenters.